The minimum absolute atomic E-state index is 0.143. The lowest BCUT2D eigenvalue weighted by atomic mass is 10.2. The Balaban J connectivity index is 1.69. The molecule has 1 heterocycles. The predicted molar refractivity (Wildman–Crippen MR) is 86.2 cm³/mol. The molecule has 4 nitrogen and oxygen atoms in total. The van der Waals surface area contributed by atoms with E-state index < -0.39 is 6.10 Å². The Bertz CT molecular complexity index is 660. The summed E-state index contributed by atoms with van der Waals surface area (Å²) in [5.74, 6) is 0.567. The van der Waals surface area contributed by atoms with E-state index >= 15 is 0 Å². The molecule has 0 aromatic heterocycles. The van der Waals surface area contributed by atoms with Gasteiger partial charge in [0.15, 0.2) is 6.10 Å². The van der Waals surface area contributed by atoms with Crippen molar-refractivity contribution < 1.29 is 9.53 Å². The smallest absolute Gasteiger partial charge is 0.267 e. The maximum absolute atomic E-state index is 12.3. The monoisotopic (exact) mass is 300 g/mol. The highest BCUT2D eigenvalue weighted by Crippen LogP contribution is 2.28. The molecule has 21 heavy (non-hydrogen) atoms. The van der Waals surface area contributed by atoms with Crippen molar-refractivity contribution in [3.05, 3.63) is 48.5 Å². The summed E-state index contributed by atoms with van der Waals surface area (Å²) in [5.41, 5.74) is 1.71. The lowest BCUT2D eigenvalue weighted by Gasteiger charge is -2.26. The summed E-state index contributed by atoms with van der Waals surface area (Å²) in [6.07, 6.45) is 1.48. The molecule has 2 N–H and O–H groups in total. The molecule has 5 heteroatoms. The van der Waals surface area contributed by atoms with E-state index in [1.54, 1.807) is 11.8 Å². The van der Waals surface area contributed by atoms with Crippen LogP contribution in [0.1, 0.15) is 0 Å². The Labute approximate surface area is 127 Å². The number of benzene rings is 2. The number of carbonyl (C=O) groups is 1. The summed E-state index contributed by atoms with van der Waals surface area (Å²) in [6, 6.07) is 15.4. The molecule has 0 spiro atoms. The normalized spacial score (nSPS) is 16.3. The second-order valence-corrected chi connectivity index (χ2v) is 5.58. The van der Waals surface area contributed by atoms with Gasteiger partial charge in [0, 0.05) is 10.6 Å². The van der Waals surface area contributed by atoms with E-state index in [0.29, 0.717) is 12.3 Å². The lowest BCUT2D eigenvalue weighted by Crippen LogP contribution is -2.41. The van der Waals surface area contributed by atoms with Gasteiger partial charge in [0.1, 0.15) is 5.75 Å². The van der Waals surface area contributed by atoms with Crippen LogP contribution >= 0.6 is 11.8 Å². The van der Waals surface area contributed by atoms with Gasteiger partial charge >= 0.3 is 0 Å². The van der Waals surface area contributed by atoms with Gasteiger partial charge in [-0.2, -0.15) is 0 Å². The predicted octanol–water partition coefficient (Wildman–Crippen LogP) is 3.22. The van der Waals surface area contributed by atoms with Crippen LogP contribution in [0, 0.1) is 0 Å². The molecule has 2 aromatic carbocycles. The van der Waals surface area contributed by atoms with E-state index in [4.69, 9.17) is 4.74 Å². The summed E-state index contributed by atoms with van der Waals surface area (Å²) < 4.78 is 5.74. The van der Waals surface area contributed by atoms with Gasteiger partial charge in [0.05, 0.1) is 12.2 Å². The molecule has 108 valence electrons. The highest BCUT2D eigenvalue weighted by Gasteiger charge is 2.25. The van der Waals surface area contributed by atoms with Gasteiger partial charge in [-0.3, -0.25) is 4.79 Å². The number of thioether (sulfide) groups is 1. The maximum atomic E-state index is 12.3. The molecular formula is C16H16N2O2S. The number of nitrogens with one attached hydrogen (secondary N) is 2. The lowest BCUT2D eigenvalue weighted by molar-refractivity contribution is -0.122. The number of carbonyl (C=O) groups excluding carboxylic acids is 1. The molecule has 1 amide bonds. The van der Waals surface area contributed by atoms with Gasteiger partial charge in [-0.25, -0.2) is 0 Å². The third-order valence-corrected chi connectivity index (χ3v) is 3.99. The first-order chi connectivity index (χ1) is 10.3. The topological polar surface area (TPSA) is 50.4 Å². The zero-order valence-corrected chi connectivity index (χ0v) is 12.4. The van der Waals surface area contributed by atoms with Gasteiger partial charge in [-0.05, 0) is 36.6 Å². The fourth-order valence-corrected chi connectivity index (χ4v) is 2.64. The maximum Gasteiger partial charge on any atom is 0.267 e. The Morgan fingerprint density at radius 1 is 1.29 bits per heavy atom. The zero-order chi connectivity index (χ0) is 14.7. The number of fused-ring (bicyclic) bond motifs is 1. The first kappa shape index (κ1) is 13.8. The molecule has 1 atom stereocenters. The standard InChI is InChI=1S/C16H16N2O2S/c1-21-12-6-4-5-11(9-12)18-16(19)15-10-17-13-7-2-3-8-14(13)20-15/h2-9,15,17H,10H2,1H3,(H,18,19). The molecule has 1 unspecified atom stereocenters. The van der Waals surface area contributed by atoms with Crippen molar-refractivity contribution in [1.82, 2.24) is 0 Å². The van der Waals surface area contributed by atoms with Crippen molar-refractivity contribution in [1.29, 1.82) is 0 Å². The largest absolute Gasteiger partial charge is 0.477 e. The van der Waals surface area contributed by atoms with E-state index in [-0.39, 0.29) is 5.91 Å². The summed E-state index contributed by atoms with van der Waals surface area (Å²) in [7, 11) is 0. The Morgan fingerprint density at radius 3 is 3.00 bits per heavy atom. The van der Waals surface area contributed by atoms with Gasteiger partial charge < -0.3 is 15.4 Å². The first-order valence-corrected chi connectivity index (χ1v) is 7.93. The molecule has 1 aliphatic rings. The van der Waals surface area contributed by atoms with Gasteiger partial charge in [-0.15, -0.1) is 11.8 Å². The van der Waals surface area contributed by atoms with Crippen molar-refractivity contribution >= 4 is 29.0 Å². The number of rotatable bonds is 3. The third kappa shape index (κ3) is 3.13. The van der Waals surface area contributed by atoms with E-state index in [1.807, 2.05) is 54.8 Å². The fraction of sp³-hybridized carbons (Fsp3) is 0.188. The second-order valence-electron chi connectivity index (χ2n) is 4.70. The van der Waals surface area contributed by atoms with Crippen molar-refractivity contribution in [3.63, 3.8) is 0 Å². The summed E-state index contributed by atoms with van der Waals surface area (Å²) >= 11 is 1.64. The van der Waals surface area contributed by atoms with Crippen LogP contribution < -0.4 is 15.4 Å². The number of para-hydroxylation sites is 2. The van der Waals surface area contributed by atoms with Crippen LogP contribution in [0.3, 0.4) is 0 Å². The average Bonchev–Trinajstić information content (AvgIpc) is 2.54. The molecule has 0 radical (unpaired) electrons. The quantitative estimate of drug-likeness (QED) is 0.855. The zero-order valence-electron chi connectivity index (χ0n) is 11.6. The molecule has 3 rings (SSSR count). The number of anilines is 2. The number of ether oxygens (including phenoxy) is 1. The van der Waals surface area contributed by atoms with Gasteiger partial charge in [-0.1, -0.05) is 18.2 Å². The van der Waals surface area contributed by atoms with E-state index in [1.165, 1.54) is 0 Å². The van der Waals surface area contributed by atoms with Crippen LogP contribution in [0.5, 0.6) is 5.75 Å². The molecule has 0 aliphatic carbocycles. The van der Waals surface area contributed by atoms with E-state index in [2.05, 4.69) is 10.6 Å². The summed E-state index contributed by atoms with van der Waals surface area (Å²) in [4.78, 5) is 13.4. The van der Waals surface area contributed by atoms with Gasteiger partial charge in [0.25, 0.3) is 5.91 Å². The minimum Gasteiger partial charge on any atom is -0.477 e. The molecule has 0 saturated carbocycles. The highest BCUT2D eigenvalue weighted by atomic mass is 32.2. The molecule has 1 aliphatic heterocycles. The van der Waals surface area contributed by atoms with E-state index in [0.717, 1.165) is 16.3 Å². The highest BCUT2D eigenvalue weighted by molar-refractivity contribution is 7.98. The van der Waals surface area contributed by atoms with Crippen molar-refractivity contribution in [3.8, 4) is 5.75 Å². The number of amides is 1. The Morgan fingerprint density at radius 2 is 2.14 bits per heavy atom. The molecule has 0 fully saturated rings. The minimum atomic E-state index is -0.530. The number of hydrogen-bond donors (Lipinski definition) is 2. The SMILES string of the molecule is CSc1cccc(NC(=O)C2CNc3ccccc3O2)c1. The van der Waals surface area contributed by atoms with Crippen LogP contribution in [-0.4, -0.2) is 24.8 Å². The van der Waals surface area contributed by atoms with Crippen molar-refractivity contribution in [2.24, 2.45) is 0 Å². The van der Waals surface area contributed by atoms with Gasteiger partial charge in [0.2, 0.25) is 0 Å². The van der Waals surface area contributed by atoms with E-state index in [9.17, 15) is 4.79 Å². The number of hydrogen-bond acceptors (Lipinski definition) is 4. The van der Waals surface area contributed by atoms with Crippen molar-refractivity contribution in [2.75, 3.05) is 23.4 Å². The Kier molecular flexibility index (Phi) is 4.01. The second kappa shape index (κ2) is 6.10. The summed E-state index contributed by atoms with van der Waals surface area (Å²) in [5, 5.41) is 6.11. The Hall–Kier alpha value is -2.14. The molecule has 0 bridgehead atoms. The third-order valence-electron chi connectivity index (χ3n) is 3.26. The first-order valence-electron chi connectivity index (χ1n) is 6.71. The fourth-order valence-electron chi connectivity index (χ4n) is 2.18. The molecule has 2 aromatic rings. The molecule has 0 saturated heterocycles. The molecular weight excluding hydrogens is 284 g/mol. The van der Waals surface area contributed by atoms with Crippen LogP contribution in [0.4, 0.5) is 11.4 Å². The van der Waals surface area contributed by atoms with Crippen LogP contribution in [0.2, 0.25) is 0 Å². The average molecular weight is 300 g/mol. The van der Waals surface area contributed by atoms with Crippen LogP contribution in [0.25, 0.3) is 0 Å². The van der Waals surface area contributed by atoms with Crippen molar-refractivity contribution in [2.45, 2.75) is 11.0 Å². The summed E-state index contributed by atoms with van der Waals surface area (Å²) in [6.45, 7) is 0.463. The van der Waals surface area contributed by atoms with Crippen LogP contribution in [-0.2, 0) is 4.79 Å². The van der Waals surface area contributed by atoms with Crippen LogP contribution in [0.15, 0.2) is 53.4 Å².